The van der Waals surface area contributed by atoms with Gasteiger partial charge in [0.1, 0.15) is 0 Å². The number of carbonyl (C=O) groups is 1. The van der Waals surface area contributed by atoms with Crippen molar-refractivity contribution in [2.75, 3.05) is 20.6 Å². The first-order valence-corrected chi connectivity index (χ1v) is 16.0. The summed E-state index contributed by atoms with van der Waals surface area (Å²) in [7, 11) is 3.54. The van der Waals surface area contributed by atoms with Gasteiger partial charge in [-0.1, -0.05) is 103 Å². The number of hydrogen-bond donors (Lipinski definition) is 1. The van der Waals surface area contributed by atoms with Gasteiger partial charge in [0.25, 0.3) is 0 Å². The van der Waals surface area contributed by atoms with Crippen molar-refractivity contribution in [2.45, 2.75) is 89.5 Å². The van der Waals surface area contributed by atoms with Crippen LogP contribution >= 0.6 is 0 Å². The van der Waals surface area contributed by atoms with Crippen LogP contribution in [0.15, 0.2) is 108 Å². The van der Waals surface area contributed by atoms with Crippen LogP contribution in [0.2, 0.25) is 0 Å². The van der Waals surface area contributed by atoms with Gasteiger partial charge in [0.15, 0.2) is 5.78 Å². The minimum atomic E-state index is 0.0118. The minimum Gasteiger partial charge on any atom is -0.384 e. The summed E-state index contributed by atoms with van der Waals surface area (Å²) < 4.78 is 0. The van der Waals surface area contributed by atoms with Crippen LogP contribution in [0.25, 0.3) is 0 Å². The van der Waals surface area contributed by atoms with E-state index in [1.807, 2.05) is 73.7 Å². The molecule has 0 radical (unpaired) electrons. The molecular formula is C40H64N4O. The van der Waals surface area contributed by atoms with Crippen LogP contribution in [0.3, 0.4) is 0 Å². The molecule has 1 aromatic heterocycles. The summed E-state index contributed by atoms with van der Waals surface area (Å²) in [5, 5.41) is 3.21. The molecule has 0 aliphatic heterocycles. The highest BCUT2D eigenvalue weighted by Crippen LogP contribution is 2.10. The summed E-state index contributed by atoms with van der Waals surface area (Å²) in [5.41, 5.74) is 7.32. The predicted molar refractivity (Wildman–Crippen MR) is 203 cm³/mol. The van der Waals surface area contributed by atoms with E-state index in [9.17, 15) is 4.79 Å². The smallest absolute Gasteiger partial charge is 0.152 e. The first-order chi connectivity index (χ1) is 21.4. The Morgan fingerprint density at radius 2 is 1.73 bits per heavy atom. The molecule has 1 rings (SSSR count). The summed E-state index contributed by atoms with van der Waals surface area (Å²) in [4.78, 5) is 20.7. The second kappa shape index (κ2) is 32.7. The fraction of sp³-hybridized carbons (Fsp3) is 0.425. The molecule has 0 unspecified atom stereocenters. The Kier molecular flexibility index (Phi) is 34.7. The van der Waals surface area contributed by atoms with Crippen LogP contribution in [-0.4, -0.2) is 42.0 Å². The normalized spacial score (nSPS) is 11.4. The highest BCUT2D eigenvalue weighted by molar-refractivity contribution is 6.11. The number of hydrogen-bond acceptors (Lipinski definition) is 5. The number of likely N-dealkylation sites (N-methyl/N-ethyl adjacent to an activating group) is 2. The third-order valence-electron chi connectivity index (χ3n) is 5.75. The highest BCUT2D eigenvalue weighted by Gasteiger charge is 2.04. The fourth-order valence-corrected chi connectivity index (χ4v) is 2.93. The summed E-state index contributed by atoms with van der Waals surface area (Å²) in [6, 6.07) is 4.48. The number of nitrogens with one attached hydrogen (secondary N) is 1. The van der Waals surface area contributed by atoms with Gasteiger partial charge in [-0.2, -0.15) is 0 Å². The van der Waals surface area contributed by atoms with Crippen LogP contribution in [0, 0.1) is 25.3 Å². The Balaban J connectivity index is -0.000000266. The van der Waals surface area contributed by atoms with Crippen molar-refractivity contribution in [3.63, 3.8) is 0 Å². The van der Waals surface area contributed by atoms with Gasteiger partial charge in [-0.25, -0.2) is 0 Å². The van der Waals surface area contributed by atoms with Crippen LogP contribution in [0.1, 0.15) is 93.7 Å². The molecule has 0 fully saturated rings. The van der Waals surface area contributed by atoms with E-state index in [4.69, 9.17) is 6.42 Å². The largest absolute Gasteiger partial charge is 0.384 e. The molecule has 0 saturated heterocycles. The Morgan fingerprint density at radius 3 is 2.13 bits per heavy atom. The molecule has 1 heterocycles. The number of terminal acetylenes is 1. The van der Waals surface area contributed by atoms with Gasteiger partial charge >= 0.3 is 0 Å². The van der Waals surface area contributed by atoms with E-state index >= 15 is 0 Å². The lowest BCUT2D eigenvalue weighted by Crippen LogP contribution is -2.19. The number of aliphatic imine (C=N–C) groups is 1. The van der Waals surface area contributed by atoms with E-state index in [1.54, 1.807) is 36.5 Å². The van der Waals surface area contributed by atoms with Crippen molar-refractivity contribution < 1.29 is 4.79 Å². The maximum absolute atomic E-state index is 10.8. The average Bonchev–Trinajstić information content (AvgIpc) is 3.05. The standard InChI is InChI=1S/C12H14N2O.C12H18N2.C12H20.2C2H6/c1-9-6-7-14-8-11(9)12(13-3)5-4-10(2)15;1-6-10-12(14(5)9-4)11(7-2)13-8-3;1-6-11(4)8-7-9-12(5)10(2)3;2*1-2/h4-8H,1-3H3;4,6-7,10,13H,2,8H2,1,3,5H3;7-10H,5-6H2,1-4H3;2*1-2H3/b5-4-,13-12?;10-6-,12-11-;9-7-,11-8+;;. The van der Waals surface area contributed by atoms with Crippen molar-refractivity contribution in [2.24, 2.45) is 10.9 Å². The SMILES string of the molecule is C#CN(C)C(/C=C\C)=C(/C=C)NCC.C=C(/C=C\C=C(/C)CC)C(C)C.CC.CC.CN=C(/C=C\C(C)=O)c1cnccc1C. The molecule has 0 saturated carbocycles. The van der Waals surface area contributed by atoms with Crippen molar-refractivity contribution in [1.82, 2.24) is 15.2 Å². The summed E-state index contributed by atoms with van der Waals surface area (Å²) >= 11 is 0. The van der Waals surface area contributed by atoms with E-state index in [2.05, 4.69) is 80.4 Å². The lowest BCUT2D eigenvalue weighted by Gasteiger charge is -2.16. The second-order valence-corrected chi connectivity index (χ2v) is 9.42. The van der Waals surface area contributed by atoms with Crippen LogP contribution in [-0.2, 0) is 4.79 Å². The second-order valence-electron chi connectivity index (χ2n) is 9.42. The molecule has 250 valence electrons. The summed E-state index contributed by atoms with van der Waals surface area (Å²) in [6.07, 6.45) is 25.2. The lowest BCUT2D eigenvalue weighted by molar-refractivity contribution is -0.112. The highest BCUT2D eigenvalue weighted by atomic mass is 16.1. The molecule has 0 aliphatic rings. The first kappa shape index (κ1) is 47.8. The molecule has 0 aromatic carbocycles. The van der Waals surface area contributed by atoms with Gasteiger partial charge in [0, 0.05) is 44.6 Å². The van der Waals surface area contributed by atoms with Crippen LogP contribution in [0.5, 0.6) is 0 Å². The maximum Gasteiger partial charge on any atom is 0.152 e. The molecule has 45 heavy (non-hydrogen) atoms. The molecule has 5 nitrogen and oxygen atoms in total. The molecule has 0 spiro atoms. The van der Waals surface area contributed by atoms with Crippen molar-refractivity contribution in [1.29, 1.82) is 0 Å². The van der Waals surface area contributed by atoms with Crippen molar-refractivity contribution >= 4 is 11.5 Å². The third-order valence-corrected chi connectivity index (χ3v) is 5.75. The Morgan fingerprint density at radius 1 is 1.13 bits per heavy atom. The summed E-state index contributed by atoms with van der Waals surface area (Å²) in [6.45, 7) is 32.7. The number of allylic oxidation sites excluding steroid dienone is 10. The average molecular weight is 617 g/mol. The van der Waals surface area contributed by atoms with E-state index < -0.39 is 0 Å². The molecule has 0 aliphatic carbocycles. The van der Waals surface area contributed by atoms with Gasteiger partial charge in [-0.3, -0.25) is 14.8 Å². The van der Waals surface area contributed by atoms with Gasteiger partial charge in [-0.05, 0) is 82.9 Å². The Hall–Kier alpha value is -4.17. The zero-order chi connectivity index (χ0) is 35.8. The number of rotatable bonds is 12. The monoisotopic (exact) mass is 617 g/mol. The Labute approximate surface area is 278 Å². The maximum atomic E-state index is 10.8. The van der Waals surface area contributed by atoms with E-state index in [1.165, 1.54) is 24.1 Å². The quantitative estimate of drug-likeness (QED) is 0.0835. The molecule has 0 bridgehead atoms. The molecular weight excluding hydrogens is 552 g/mol. The zero-order valence-corrected chi connectivity index (χ0v) is 31.1. The van der Waals surface area contributed by atoms with Gasteiger partial charge < -0.3 is 10.2 Å². The lowest BCUT2D eigenvalue weighted by atomic mass is 10.0. The predicted octanol–water partition coefficient (Wildman–Crippen LogP) is 10.2. The minimum absolute atomic E-state index is 0.0118. The van der Waals surface area contributed by atoms with Crippen molar-refractivity contribution in [3.8, 4) is 12.5 Å². The third kappa shape index (κ3) is 24.9. The van der Waals surface area contributed by atoms with Crippen molar-refractivity contribution in [3.05, 3.63) is 114 Å². The number of aromatic nitrogens is 1. The first-order valence-electron chi connectivity index (χ1n) is 16.0. The zero-order valence-electron chi connectivity index (χ0n) is 31.1. The number of pyridine rings is 1. The molecule has 0 amide bonds. The van der Waals surface area contributed by atoms with E-state index in [0.717, 1.165) is 41.2 Å². The topological polar surface area (TPSA) is 57.6 Å². The number of aryl methyl sites for hydroxylation is 1. The van der Waals surface area contributed by atoms with Crippen LogP contribution in [0.4, 0.5) is 0 Å². The van der Waals surface area contributed by atoms with E-state index in [-0.39, 0.29) is 5.78 Å². The Bertz CT molecular complexity index is 1180. The van der Waals surface area contributed by atoms with Gasteiger partial charge in [0.05, 0.1) is 17.1 Å². The molecule has 5 heteroatoms. The van der Waals surface area contributed by atoms with E-state index in [0.29, 0.717) is 5.92 Å². The molecule has 0 atom stereocenters. The number of nitrogens with zero attached hydrogens (tertiary/aromatic N) is 3. The molecule has 1 aromatic rings. The van der Waals surface area contributed by atoms with Gasteiger partial charge in [-0.15, -0.1) is 0 Å². The summed E-state index contributed by atoms with van der Waals surface area (Å²) in [5.74, 6) is 0.564. The molecule has 1 N–H and O–H groups in total. The van der Waals surface area contributed by atoms with Gasteiger partial charge in [0.2, 0.25) is 0 Å². The number of ketones is 1. The fourth-order valence-electron chi connectivity index (χ4n) is 2.93. The van der Waals surface area contributed by atoms with Crippen LogP contribution < -0.4 is 5.32 Å². The number of carbonyl (C=O) groups excluding carboxylic acids is 1.